The molecule has 11 heteroatoms. The average molecular weight is 429 g/mol. The predicted molar refractivity (Wildman–Crippen MR) is 96.5 cm³/mol. The lowest BCUT2D eigenvalue weighted by molar-refractivity contribution is -0.154. The molecule has 3 aromatic rings. The molecular formula is C18H13ClF4N4O2. The first-order valence-electron chi connectivity index (χ1n) is 8.14. The summed E-state index contributed by atoms with van der Waals surface area (Å²) in [6, 6.07) is 8.29. The van der Waals surface area contributed by atoms with Crippen molar-refractivity contribution in [3.05, 3.63) is 70.8 Å². The fourth-order valence-electron chi connectivity index (χ4n) is 2.32. The van der Waals surface area contributed by atoms with Gasteiger partial charge in [-0.1, -0.05) is 17.7 Å². The van der Waals surface area contributed by atoms with E-state index in [-0.39, 0.29) is 23.0 Å². The Bertz CT molecular complexity index is 1010. The molecule has 0 saturated heterocycles. The minimum absolute atomic E-state index is 0.00194. The Hall–Kier alpha value is -3.14. The van der Waals surface area contributed by atoms with Gasteiger partial charge in [0.1, 0.15) is 11.6 Å². The number of amides is 1. The number of anilines is 1. The topological polar surface area (TPSA) is 69.0 Å². The summed E-state index contributed by atoms with van der Waals surface area (Å²) in [6.07, 6.45) is -1.94. The number of alkyl halides is 3. The van der Waals surface area contributed by atoms with Crippen molar-refractivity contribution in [3.8, 4) is 5.88 Å². The van der Waals surface area contributed by atoms with Crippen LogP contribution in [0.25, 0.3) is 0 Å². The summed E-state index contributed by atoms with van der Waals surface area (Å²) in [4.78, 5) is 16.0. The van der Waals surface area contributed by atoms with Crippen molar-refractivity contribution < 1.29 is 27.1 Å². The Labute approximate surface area is 167 Å². The van der Waals surface area contributed by atoms with E-state index in [9.17, 15) is 22.4 Å². The highest BCUT2D eigenvalue weighted by molar-refractivity contribution is 6.30. The molecule has 0 aliphatic heterocycles. The second-order valence-electron chi connectivity index (χ2n) is 5.87. The molecule has 0 aliphatic rings. The number of ether oxygens (including phenoxy) is 1. The first kappa shape index (κ1) is 20.6. The van der Waals surface area contributed by atoms with Crippen molar-refractivity contribution in [1.82, 2.24) is 14.8 Å². The van der Waals surface area contributed by atoms with Gasteiger partial charge in [-0.3, -0.25) is 4.79 Å². The van der Waals surface area contributed by atoms with E-state index in [1.165, 1.54) is 29.1 Å². The van der Waals surface area contributed by atoms with Gasteiger partial charge in [-0.05, 0) is 23.8 Å². The van der Waals surface area contributed by atoms with Gasteiger partial charge in [0.2, 0.25) is 5.88 Å². The molecule has 1 amide bonds. The van der Waals surface area contributed by atoms with Crippen molar-refractivity contribution in [2.75, 3.05) is 11.9 Å². The third-order valence-electron chi connectivity index (χ3n) is 3.66. The van der Waals surface area contributed by atoms with Gasteiger partial charge in [0.05, 0.1) is 23.3 Å². The zero-order chi connectivity index (χ0) is 21.0. The molecule has 0 unspecified atom stereocenters. The minimum Gasteiger partial charge on any atom is -0.468 e. The maximum atomic E-state index is 13.6. The summed E-state index contributed by atoms with van der Waals surface area (Å²) in [6.45, 7) is -1.30. The summed E-state index contributed by atoms with van der Waals surface area (Å²) in [5.74, 6) is -1.04. The van der Waals surface area contributed by atoms with Gasteiger partial charge in [0.15, 0.2) is 6.61 Å². The van der Waals surface area contributed by atoms with Crippen molar-refractivity contribution in [3.63, 3.8) is 0 Å². The van der Waals surface area contributed by atoms with Crippen LogP contribution in [0.1, 0.15) is 15.9 Å². The summed E-state index contributed by atoms with van der Waals surface area (Å²) in [5, 5.41) is 6.68. The molecule has 2 aromatic heterocycles. The molecule has 0 bridgehead atoms. The van der Waals surface area contributed by atoms with E-state index >= 15 is 0 Å². The number of pyridine rings is 1. The highest BCUT2D eigenvalue weighted by atomic mass is 35.5. The van der Waals surface area contributed by atoms with Gasteiger partial charge in [-0.15, -0.1) is 0 Å². The summed E-state index contributed by atoms with van der Waals surface area (Å²) in [7, 11) is 0. The van der Waals surface area contributed by atoms with Crippen LogP contribution in [-0.4, -0.2) is 33.5 Å². The summed E-state index contributed by atoms with van der Waals surface area (Å²) in [5.41, 5.74) is 0.688. The first-order valence-corrected chi connectivity index (χ1v) is 8.52. The van der Waals surface area contributed by atoms with Crippen molar-refractivity contribution in [2.45, 2.75) is 12.7 Å². The molecule has 0 radical (unpaired) electrons. The largest absolute Gasteiger partial charge is 0.468 e. The number of nitrogens with zero attached hydrogens (tertiary/aromatic N) is 3. The lowest BCUT2D eigenvalue weighted by atomic mass is 10.2. The maximum Gasteiger partial charge on any atom is 0.422 e. The van der Waals surface area contributed by atoms with Crippen LogP contribution in [-0.2, 0) is 6.54 Å². The molecule has 29 heavy (non-hydrogen) atoms. The molecule has 0 atom stereocenters. The first-order chi connectivity index (χ1) is 13.7. The Morgan fingerprint density at radius 3 is 2.66 bits per heavy atom. The van der Waals surface area contributed by atoms with Gasteiger partial charge in [0.25, 0.3) is 5.91 Å². The van der Waals surface area contributed by atoms with Crippen molar-refractivity contribution >= 4 is 23.3 Å². The van der Waals surface area contributed by atoms with Crippen LogP contribution in [0.15, 0.2) is 48.8 Å². The Morgan fingerprint density at radius 1 is 1.21 bits per heavy atom. The molecule has 152 valence electrons. The second kappa shape index (κ2) is 8.48. The summed E-state index contributed by atoms with van der Waals surface area (Å²) >= 11 is 5.66. The SMILES string of the molecule is O=C(Nc1ccnn1Cc1ccc(Cl)c(F)c1)c1ccc(OCC(F)(F)F)nc1. The fourth-order valence-corrected chi connectivity index (χ4v) is 2.44. The third kappa shape index (κ3) is 5.67. The minimum atomic E-state index is -4.48. The Kier molecular flexibility index (Phi) is 6.02. The number of benzene rings is 1. The molecular weight excluding hydrogens is 416 g/mol. The number of rotatable bonds is 6. The molecule has 0 fully saturated rings. The lowest BCUT2D eigenvalue weighted by Gasteiger charge is -2.10. The smallest absolute Gasteiger partial charge is 0.422 e. The zero-order valence-electron chi connectivity index (χ0n) is 14.6. The molecule has 0 aliphatic carbocycles. The summed E-state index contributed by atoms with van der Waals surface area (Å²) < 4.78 is 55.9. The third-order valence-corrected chi connectivity index (χ3v) is 3.96. The fraction of sp³-hybridized carbons (Fsp3) is 0.167. The van der Waals surface area contributed by atoms with Crippen LogP contribution in [0.2, 0.25) is 5.02 Å². The van der Waals surface area contributed by atoms with E-state index in [1.807, 2.05) is 0 Å². The number of nitrogens with one attached hydrogen (secondary N) is 1. The van der Waals surface area contributed by atoms with Crippen molar-refractivity contribution in [1.29, 1.82) is 0 Å². The number of carbonyl (C=O) groups is 1. The molecule has 1 aromatic carbocycles. The number of carbonyl (C=O) groups excluding carboxylic acids is 1. The van der Waals surface area contributed by atoms with Crippen LogP contribution in [0.4, 0.5) is 23.4 Å². The van der Waals surface area contributed by atoms with E-state index in [4.69, 9.17) is 11.6 Å². The highest BCUT2D eigenvalue weighted by Crippen LogP contribution is 2.19. The normalized spacial score (nSPS) is 11.3. The lowest BCUT2D eigenvalue weighted by Crippen LogP contribution is -2.20. The number of hydrogen-bond donors (Lipinski definition) is 1. The molecule has 0 saturated carbocycles. The van der Waals surface area contributed by atoms with Gasteiger partial charge in [-0.2, -0.15) is 18.3 Å². The Morgan fingerprint density at radius 2 is 2.00 bits per heavy atom. The molecule has 3 rings (SSSR count). The van der Waals surface area contributed by atoms with E-state index < -0.39 is 24.5 Å². The number of aromatic nitrogens is 3. The van der Waals surface area contributed by atoms with E-state index in [1.54, 1.807) is 12.1 Å². The van der Waals surface area contributed by atoms with E-state index in [0.717, 1.165) is 12.3 Å². The van der Waals surface area contributed by atoms with Crippen LogP contribution in [0, 0.1) is 5.82 Å². The highest BCUT2D eigenvalue weighted by Gasteiger charge is 2.28. The second-order valence-corrected chi connectivity index (χ2v) is 6.27. The quantitative estimate of drug-likeness (QED) is 0.594. The van der Waals surface area contributed by atoms with Gasteiger partial charge >= 0.3 is 6.18 Å². The van der Waals surface area contributed by atoms with Gasteiger partial charge in [-0.25, -0.2) is 14.1 Å². The standard InChI is InChI=1S/C18H13ClF4N4O2/c19-13-3-1-11(7-14(13)20)9-27-15(5-6-25-27)26-17(28)12-2-4-16(24-8-12)29-10-18(21,22)23/h1-8H,9-10H2,(H,26,28). The molecule has 0 spiro atoms. The maximum absolute atomic E-state index is 13.6. The monoisotopic (exact) mass is 428 g/mol. The molecule has 6 nitrogen and oxygen atoms in total. The van der Waals surface area contributed by atoms with Crippen LogP contribution in [0.3, 0.4) is 0 Å². The van der Waals surface area contributed by atoms with Gasteiger partial charge < -0.3 is 10.1 Å². The van der Waals surface area contributed by atoms with Crippen LogP contribution >= 0.6 is 11.6 Å². The van der Waals surface area contributed by atoms with Crippen LogP contribution < -0.4 is 10.1 Å². The number of halogens is 5. The Balaban J connectivity index is 1.65. The zero-order valence-corrected chi connectivity index (χ0v) is 15.3. The molecule has 1 N–H and O–H groups in total. The number of hydrogen-bond acceptors (Lipinski definition) is 4. The molecule has 2 heterocycles. The van der Waals surface area contributed by atoms with Crippen molar-refractivity contribution in [2.24, 2.45) is 0 Å². The van der Waals surface area contributed by atoms with E-state index in [0.29, 0.717) is 11.4 Å². The van der Waals surface area contributed by atoms with E-state index in [2.05, 4.69) is 20.1 Å². The average Bonchev–Trinajstić information content (AvgIpc) is 3.09. The van der Waals surface area contributed by atoms with Crippen LogP contribution in [0.5, 0.6) is 5.88 Å². The predicted octanol–water partition coefficient (Wildman–Crippen LogP) is 4.31. The van der Waals surface area contributed by atoms with Gasteiger partial charge in [0, 0.05) is 18.3 Å².